The summed E-state index contributed by atoms with van der Waals surface area (Å²) in [5.74, 6) is 4.42. The Morgan fingerprint density at radius 2 is 1.45 bits per heavy atom. The van der Waals surface area contributed by atoms with Crippen molar-refractivity contribution in [1.82, 2.24) is 9.97 Å². The van der Waals surface area contributed by atoms with Crippen LogP contribution in [0.3, 0.4) is 0 Å². The van der Waals surface area contributed by atoms with Gasteiger partial charge in [0.05, 0.1) is 0 Å². The van der Waals surface area contributed by atoms with Crippen LogP contribution in [0.2, 0.25) is 5.02 Å². The Morgan fingerprint density at radius 1 is 0.862 bits per heavy atom. The smallest absolute Gasteiger partial charge is 0.159 e. The van der Waals surface area contributed by atoms with E-state index in [1.807, 2.05) is 36.7 Å². The largest absolute Gasteiger partial charge is 0.236 e. The first kappa shape index (κ1) is 20.6. The summed E-state index contributed by atoms with van der Waals surface area (Å²) >= 11 is 5.96. The number of aryl methyl sites for hydroxylation is 1. The lowest BCUT2D eigenvalue weighted by molar-refractivity contribution is 0.153. The molecule has 0 radical (unpaired) electrons. The van der Waals surface area contributed by atoms with Crippen molar-refractivity contribution >= 4 is 11.6 Å². The van der Waals surface area contributed by atoms with Crippen molar-refractivity contribution in [2.24, 2.45) is 23.7 Å². The molecule has 1 aromatic heterocycles. The van der Waals surface area contributed by atoms with Gasteiger partial charge < -0.3 is 0 Å². The zero-order valence-corrected chi connectivity index (χ0v) is 18.2. The molecule has 1 heterocycles. The van der Waals surface area contributed by atoms with Gasteiger partial charge in [0.1, 0.15) is 0 Å². The molecule has 2 aliphatic rings. The van der Waals surface area contributed by atoms with E-state index < -0.39 is 0 Å². The van der Waals surface area contributed by atoms with Gasteiger partial charge in [-0.3, -0.25) is 0 Å². The molecule has 0 N–H and O–H groups in total. The van der Waals surface area contributed by atoms with Gasteiger partial charge in [0.15, 0.2) is 5.82 Å². The maximum atomic E-state index is 5.96. The third-order valence-corrected chi connectivity index (χ3v) is 7.61. The summed E-state index contributed by atoms with van der Waals surface area (Å²) in [6, 6.07) is 7.71. The van der Waals surface area contributed by atoms with Crippen LogP contribution in [0.15, 0.2) is 49.3 Å². The number of aromatic nitrogens is 2. The van der Waals surface area contributed by atoms with Crippen molar-refractivity contribution in [2.75, 3.05) is 0 Å². The maximum Gasteiger partial charge on any atom is 0.159 e. The fourth-order valence-electron chi connectivity index (χ4n) is 5.40. The Labute approximate surface area is 180 Å². The summed E-state index contributed by atoms with van der Waals surface area (Å²) in [6.07, 6.45) is 19.9. The van der Waals surface area contributed by atoms with Crippen LogP contribution in [0, 0.1) is 23.7 Å². The number of halogens is 1. The number of rotatable bonds is 6. The van der Waals surface area contributed by atoms with E-state index in [1.54, 1.807) is 0 Å². The van der Waals surface area contributed by atoms with Gasteiger partial charge in [0.2, 0.25) is 0 Å². The first-order chi connectivity index (χ1) is 14.2. The van der Waals surface area contributed by atoms with Crippen molar-refractivity contribution in [1.29, 1.82) is 0 Å². The zero-order valence-electron chi connectivity index (χ0n) is 17.4. The second-order valence-electron chi connectivity index (χ2n) is 9.15. The van der Waals surface area contributed by atoms with Gasteiger partial charge in [-0.05, 0) is 105 Å². The number of allylic oxidation sites excluding steroid dienone is 1. The van der Waals surface area contributed by atoms with E-state index >= 15 is 0 Å². The molecule has 2 aromatic rings. The van der Waals surface area contributed by atoms with Crippen molar-refractivity contribution in [3.8, 4) is 11.4 Å². The summed E-state index contributed by atoms with van der Waals surface area (Å²) in [5.41, 5.74) is 2.27. The molecule has 0 atom stereocenters. The molecule has 0 aliphatic heterocycles. The van der Waals surface area contributed by atoms with E-state index in [0.29, 0.717) is 0 Å². The van der Waals surface area contributed by atoms with E-state index in [-0.39, 0.29) is 0 Å². The molecule has 2 saturated carbocycles. The molecule has 154 valence electrons. The highest BCUT2D eigenvalue weighted by Crippen LogP contribution is 2.42. The first-order valence-corrected chi connectivity index (χ1v) is 11.8. The average Bonchev–Trinajstić information content (AvgIpc) is 2.79. The molecular formula is C26H33ClN2. The van der Waals surface area contributed by atoms with Gasteiger partial charge in [-0.25, -0.2) is 9.97 Å². The summed E-state index contributed by atoms with van der Waals surface area (Å²) in [7, 11) is 0. The molecule has 2 aliphatic carbocycles. The predicted molar refractivity (Wildman–Crippen MR) is 122 cm³/mol. The lowest BCUT2D eigenvalue weighted by Crippen LogP contribution is -2.25. The minimum atomic E-state index is 0.740. The molecule has 4 rings (SSSR count). The van der Waals surface area contributed by atoms with Crippen molar-refractivity contribution in [2.45, 2.75) is 64.2 Å². The number of nitrogens with zero attached hydrogens (tertiary/aromatic N) is 2. The lowest BCUT2D eigenvalue weighted by Gasteiger charge is -2.37. The molecule has 0 spiro atoms. The summed E-state index contributed by atoms with van der Waals surface area (Å²) in [4.78, 5) is 9.13. The average molecular weight is 409 g/mol. The van der Waals surface area contributed by atoms with Gasteiger partial charge >= 0.3 is 0 Å². The Morgan fingerprint density at radius 3 is 2.03 bits per heavy atom. The topological polar surface area (TPSA) is 25.8 Å². The van der Waals surface area contributed by atoms with E-state index in [9.17, 15) is 0 Å². The highest BCUT2D eigenvalue weighted by molar-refractivity contribution is 6.30. The molecule has 0 bridgehead atoms. The summed E-state index contributed by atoms with van der Waals surface area (Å²) < 4.78 is 0. The maximum absolute atomic E-state index is 5.96. The summed E-state index contributed by atoms with van der Waals surface area (Å²) in [5, 5.41) is 0.740. The van der Waals surface area contributed by atoms with E-state index in [1.165, 1.54) is 63.4 Å². The monoisotopic (exact) mass is 408 g/mol. The molecule has 0 unspecified atom stereocenters. The second kappa shape index (κ2) is 9.89. The van der Waals surface area contributed by atoms with Gasteiger partial charge in [-0.1, -0.05) is 30.5 Å². The standard InChI is InChI=1S/C26H33ClN2/c1-2-19-5-9-22(10-6-19)23-11-7-20(8-12-23)3-4-21-17-28-26(29-18-21)24-13-15-25(27)16-14-24/h2,13-20,22-23H,1,3-12H2/t19-,20?,22-,23?. The Hall–Kier alpha value is -1.67. The second-order valence-corrected chi connectivity index (χ2v) is 9.59. The number of hydrogen-bond acceptors (Lipinski definition) is 2. The van der Waals surface area contributed by atoms with Crippen LogP contribution in [0.25, 0.3) is 11.4 Å². The zero-order chi connectivity index (χ0) is 20.1. The minimum absolute atomic E-state index is 0.740. The Bertz CT molecular complexity index is 767. The van der Waals surface area contributed by atoms with Crippen LogP contribution in [-0.2, 0) is 6.42 Å². The normalized spacial score (nSPS) is 27.5. The fraction of sp³-hybridized carbons (Fsp3) is 0.538. The van der Waals surface area contributed by atoms with Crippen LogP contribution in [0.5, 0.6) is 0 Å². The third-order valence-electron chi connectivity index (χ3n) is 7.36. The number of hydrogen-bond donors (Lipinski definition) is 0. The quantitative estimate of drug-likeness (QED) is 0.461. The Kier molecular flexibility index (Phi) is 7.02. The van der Waals surface area contributed by atoms with Crippen LogP contribution in [0.4, 0.5) is 0 Å². The Balaban J connectivity index is 1.21. The van der Waals surface area contributed by atoms with Crippen molar-refractivity contribution < 1.29 is 0 Å². The SMILES string of the molecule is C=C[C@H]1CC[C@H](C2CCC(CCc3cnc(-c4ccc(Cl)cc4)nc3)CC2)CC1. The van der Waals surface area contributed by atoms with E-state index in [2.05, 4.69) is 22.6 Å². The lowest BCUT2D eigenvalue weighted by atomic mass is 9.68. The van der Waals surface area contributed by atoms with Gasteiger partial charge in [-0.15, -0.1) is 6.58 Å². The molecular weight excluding hydrogens is 376 g/mol. The fourth-order valence-corrected chi connectivity index (χ4v) is 5.53. The van der Waals surface area contributed by atoms with Gasteiger partial charge in [0.25, 0.3) is 0 Å². The molecule has 2 nitrogen and oxygen atoms in total. The van der Waals surface area contributed by atoms with Crippen LogP contribution in [0.1, 0.15) is 63.4 Å². The molecule has 29 heavy (non-hydrogen) atoms. The highest BCUT2D eigenvalue weighted by atomic mass is 35.5. The van der Waals surface area contributed by atoms with Crippen LogP contribution in [-0.4, -0.2) is 9.97 Å². The first-order valence-electron chi connectivity index (χ1n) is 11.4. The predicted octanol–water partition coefficient (Wildman–Crippen LogP) is 7.53. The van der Waals surface area contributed by atoms with Crippen molar-refractivity contribution in [3.05, 3.63) is 59.9 Å². The number of benzene rings is 1. The molecule has 2 fully saturated rings. The van der Waals surface area contributed by atoms with Crippen LogP contribution >= 0.6 is 11.6 Å². The third kappa shape index (κ3) is 5.48. The molecule has 0 saturated heterocycles. The van der Waals surface area contributed by atoms with Crippen molar-refractivity contribution in [3.63, 3.8) is 0 Å². The van der Waals surface area contributed by atoms with Gasteiger partial charge in [-0.2, -0.15) is 0 Å². The molecule has 1 aromatic carbocycles. The van der Waals surface area contributed by atoms with Crippen LogP contribution < -0.4 is 0 Å². The van der Waals surface area contributed by atoms with E-state index in [0.717, 1.165) is 46.5 Å². The molecule has 0 amide bonds. The minimum Gasteiger partial charge on any atom is -0.236 e. The van der Waals surface area contributed by atoms with Gasteiger partial charge in [0, 0.05) is 23.0 Å². The van der Waals surface area contributed by atoms with E-state index in [4.69, 9.17) is 11.6 Å². The molecule has 3 heteroatoms. The summed E-state index contributed by atoms with van der Waals surface area (Å²) in [6.45, 7) is 3.99. The highest BCUT2D eigenvalue weighted by Gasteiger charge is 2.30.